The molecular weight excluding hydrogens is 162 g/mol. The topological polar surface area (TPSA) is 46.2 Å². The zero-order chi connectivity index (χ0) is 9.36. The molecule has 13 heavy (non-hydrogen) atoms. The minimum atomic E-state index is -0.405. The molecule has 0 aliphatic heterocycles. The van der Waals surface area contributed by atoms with Crippen LogP contribution in [0.3, 0.4) is 0 Å². The summed E-state index contributed by atoms with van der Waals surface area (Å²) in [6.07, 6.45) is 9.34. The minimum Gasteiger partial charge on any atom is -0.389 e. The molecule has 0 amide bonds. The molecule has 0 heterocycles. The first-order valence-corrected chi connectivity index (χ1v) is 5.65. The van der Waals surface area contributed by atoms with Crippen LogP contribution in [0.5, 0.6) is 0 Å². The third kappa shape index (κ3) is 1.31. The standard InChI is InChI=1S/C11H21NO/c12-9-8-11(13)7-2-1-4-10(11)5-3-6-10/h13H,1-9,12H2. The van der Waals surface area contributed by atoms with Gasteiger partial charge in [0.1, 0.15) is 0 Å². The molecule has 2 aliphatic carbocycles. The van der Waals surface area contributed by atoms with E-state index < -0.39 is 5.60 Å². The summed E-state index contributed by atoms with van der Waals surface area (Å²) in [7, 11) is 0. The number of nitrogens with two attached hydrogens (primary N) is 1. The van der Waals surface area contributed by atoms with Crippen molar-refractivity contribution in [1.29, 1.82) is 0 Å². The van der Waals surface area contributed by atoms with Crippen molar-refractivity contribution in [1.82, 2.24) is 0 Å². The Hall–Kier alpha value is -0.0800. The summed E-state index contributed by atoms with van der Waals surface area (Å²) >= 11 is 0. The molecule has 2 saturated carbocycles. The van der Waals surface area contributed by atoms with Crippen LogP contribution < -0.4 is 5.73 Å². The summed E-state index contributed by atoms with van der Waals surface area (Å²) < 4.78 is 0. The number of rotatable bonds is 2. The predicted molar refractivity (Wildman–Crippen MR) is 53.4 cm³/mol. The Balaban J connectivity index is 2.12. The van der Waals surface area contributed by atoms with E-state index in [1.54, 1.807) is 0 Å². The maximum atomic E-state index is 10.6. The van der Waals surface area contributed by atoms with E-state index in [0.717, 1.165) is 12.8 Å². The Bertz CT molecular complexity index is 185. The lowest BCUT2D eigenvalue weighted by Gasteiger charge is -2.56. The van der Waals surface area contributed by atoms with Gasteiger partial charge in [-0.2, -0.15) is 0 Å². The number of hydrogen-bond donors (Lipinski definition) is 2. The Kier molecular flexibility index (Phi) is 2.37. The van der Waals surface area contributed by atoms with Gasteiger partial charge in [0.15, 0.2) is 0 Å². The van der Waals surface area contributed by atoms with Crippen LogP contribution in [0, 0.1) is 5.41 Å². The zero-order valence-corrected chi connectivity index (χ0v) is 8.39. The summed E-state index contributed by atoms with van der Waals surface area (Å²) in [4.78, 5) is 0. The summed E-state index contributed by atoms with van der Waals surface area (Å²) in [5, 5.41) is 10.6. The monoisotopic (exact) mass is 183 g/mol. The SMILES string of the molecule is NCCC1(O)CCCCC12CCC2. The van der Waals surface area contributed by atoms with Crippen LogP contribution in [0.2, 0.25) is 0 Å². The highest BCUT2D eigenvalue weighted by Crippen LogP contribution is 2.58. The van der Waals surface area contributed by atoms with Crippen LogP contribution in [-0.2, 0) is 0 Å². The highest BCUT2D eigenvalue weighted by molar-refractivity contribution is 5.05. The fourth-order valence-corrected chi connectivity index (χ4v) is 3.33. The van der Waals surface area contributed by atoms with Crippen molar-refractivity contribution in [2.75, 3.05) is 6.54 Å². The molecule has 2 heteroatoms. The Morgan fingerprint density at radius 1 is 1.00 bits per heavy atom. The molecule has 76 valence electrons. The first-order chi connectivity index (χ1) is 6.22. The number of hydrogen-bond acceptors (Lipinski definition) is 2. The lowest BCUT2D eigenvalue weighted by atomic mass is 9.52. The first kappa shape index (κ1) is 9.47. The van der Waals surface area contributed by atoms with E-state index in [1.165, 1.54) is 38.5 Å². The van der Waals surface area contributed by atoms with Crippen molar-refractivity contribution in [3.63, 3.8) is 0 Å². The molecule has 3 N–H and O–H groups in total. The second-order valence-electron chi connectivity index (χ2n) is 4.91. The van der Waals surface area contributed by atoms with Crippen LogP contribution in [0.1, 0.15) is 51.4 Å². The van der Waals surface area contributed by atoms with Gasteiger partial charge in [-0.15, -0.1) is 0 Å². The molecule has 0 radical (unpaired) electrons. The van der Waals surface area contributed by atoms with E-state index in [4.69, 9.17) is 5.73 Å². The average Bonchev–Trinajstić information content (AvgIpc) is 2.02. The highest BCUT2D eigenvalue weighted by atomic mass is 16.3. The molecule has 1 atom stereocenters. The van der Waals surface area contributed by atoms with Crippen molar-refractivity contribution in [2.45, 2.75) is 57.0 Å². The van der Waals surface area contributed by atoms with E-state index in [9.17, 15) is 5.11 Å². The first-order valence-electron chi connectivity index (χ1n) is 5.65. The summed E-state index contributed by atoms with van der Waals surface area (Å²) in [5.41, 5.74) is 5.46. The van der Waals surface area contributed by atoms with Gasteiger partial charge in [0.25, 0.3) is 0 Å². The fourth-order valence-electron chi connectivity index (χ4n) is 3.33. The van der Waals surface area contributed by atoms with Crippen molar-refractivity contribution in [3.8, 4) is 0 Å². The molecular formula is C11H21NO. The highest BCUT2D eigenvalue weighted by Gasteiger charge is 2.53. The van der Waals surface area contributed by atoms with Gasteiger partial charge in [0.2, 0.25) is 0 Å². The lowest BCUT2D eigenvalue weighted by molar-refractivity contribution is -0.157. The Labute approximate surface area is 80.5 Å². The van der Waals surface area contributed by atoms with E-state index in [1.807, 2.05) is 0 Å². The van der Waals surface area contributed by atoms with Gasteiger partial charge in [-0.25, -0.2) is 0 Å². The molecule has 2 aliphatic rings. The predicted octanol–water partition coefficient (Wildman–Crippen LogP) is 1.81. The van der Waals surface area contributed by atoms with Gasteiger partial charge in [0.05, 0.1) is 5.60 Å². The Morgan fingerprint density at radius 3 is 2.15 bits per heavy atom. The molecule has 0 aromatic rings. The van der Waals surface area contributed by atoms with E-state index in [0.29, 0.717) is 6.54 Å². The molecule has 0 saturated heterocycles. The molecule has 0 bridgehead atoms. The van der Waals surface area contributed by atoms with Crippen LogP contribution in [-0.4, -0.2) is 17.3 Å². The van der Waals surface area contributed by atoms with Gasteiger partial charge >= 0.3 is 0 Å². The molecule has 2 rings (SSSR count). The summed E-state index contributed by atoms with van der Waals surface area (Å²) in [6.45, 7) is 0.637. The molecule has 1 spiro atoms. The maximum Gasteiger partial charge on any atom is 0.0715 e. The van der Waals surface area contributed by atoms with Crippen molar-refractivity contribution in [3.05, 3.63) is 0 Å². The van der Waals surface area contributed by atoms with Crippen LogP contribution in [0.4, 0.5) is 0 Å². The largest absolute Gasteiger partial charge is 0.389 e. The van der Waals surface area contributed by atoms with Crippen LogP contribution >= 0.6 is 0 Å². The van der Waals surface area contributed by atoms with Gasteiger partial charge in [-0.05, 0) is 44.1 Å². The fraction of sp³-hybridized carbons (Fsp3) is 1.00. The van der Waals surface area contributed by atoms with Crippen LogP contribution in [0.15, 0.2) is 0 Å². The van der Waals surface area contributed by atoms with Gasteiger partial charge < -0.3 is 10.8 Å². The maximum absolute atomic E-state index is 10.6. The minimum absolute atomic E-state index is 0.282. The molecule has 0 aromatic carbocycles. The molecule has 2 nitrogen and oxygen atoms in total. The van der Waals surface area contributed by atoms with Gasteiger partial charge in [-0.1, -0.05) is 19.3 Å². The molecule has 2 fully saturated rings. The van der Waals surface area contributed by atoms with Crippen molar-refractivity contribution in [2.24, 2.45) is 11.1 Å². The van der Waals surface area contributed by atoms with E-state index >= 15 is 0 Å². The number of aliphatic hydroxyl groups is 1. The lowest BCUT2D eigenvalue weighted by Crippen LogP contribution is -2.55. The van der Waals surface area contributed by atoms with E-state index in [2.05, 4.69) is 0 Å². The normalized spacial score (nSPS) is 37.4. The second-order valence-corrected chi connectivity index (χ2v) is 4.91. The van der Waals surface area contributed by atoms with E-state index in [-0.39, 0.29) is 5.41 Å². The zero-order valence-electron chi connectivity index (χ0n) is 8.39. The van der Waals surface area contributed by atoms with Crippen molar-refractivity contribution >= 4 is 0 Å². The molecule has 0 aromatic heterocycles. The third-order valence-corrected chi connectivity index (χ3v) is 4.35. The quantitative estimate of drug-likeness (QED) is 0.686. The third-order valence-electron chi connectivity index (χ3n) is 4.35. The Morgan fingerprint density at radius 2 is 1.62 bits per heavy atom. The van der Waals surface area contributed by atoms with Gasteiger partial charge in [0, 0.05) is 0 Å². The summed E-state index contributed by atoms with van der Waals surface area (Å²) in [5.74, 6) is 0. The average molecular weight is 183 g/mol. The summed E-state index contributed by atoms with van der Waals surface area (Å²) in [6, 6.07) is 0. The van der Waals surface area contributed by atoms with Crippen molar-refractivity contribution < 1.29 is 5.11 Å². The van der Waals surface area contributed by atoms with Gasteiger partial charge in [-0.3, -0.25) is 0 Å². The molecule has 1 unspecified atom stereocenters. The van der Waals surface area contributed by atoms with Crippen LogP contribution in [0.25, 0.3) is 0 Å². The second kappa shape index (κ2) is 3.25. The smallest absolute Gasteiger partial charge is 0.0715 e.